The molecule has 0 aromatic carbocycles. The van der Waals surface area contributed by atoms with E-state index in [4.69, 9.17) is 9.72 Å². The van der Waals surface area contributed by atoms with E-state index < -0.39 is 0 Å². The molecule has 6 nitrogen and oxygen atoms in total. The Balaban J connectivity index is 1.77. The van der Waals surface area contributed by atoms with Crippen LogP contribution in [0.25, 0.3) is 0 Å². The molecule has 3 heterocycles. The lowest BCUT2D eigenvalue weighted by atomic mass is 9.73. The van der Waals surface area contributed by atoms with Crippen LogP contribution in [0.4, 0.5) is 5.82 Å². The Hall–Kier alpha value is -1.69. The largest absolute Gasteiger partial charge is 0.383 e. The molecule has 0 aliphatic carbocycles. The second-order valence-electron chi connectivity index (χ2n) is 8.21. The number of hydrogen-bond donors (Lipinski definition) is 0. The highest BCUT2D eigenvalue weighted by Crippen LogP contribution is 2.40. The van der Waals surface area contributed by atoms with Crippen LogP contribution in [0.3, 0.4) is 0 Å². The molecule has 1 spiro atoms. The second-order valence-corrected chi connectivity index (χ2v) is 8.21. The fourth-order valence-electron chi connectivity index (χ4n) is 4.24. The van der Waals surface area contributed by atoms with Crippen molar-refractivity contribution in [3.8, 4) is 0 Å². The summed E-state index contributed by atoms with van der Waals surface area (Å²) < 4.78 is 5.19. The quantitative estimate of drug-likeness (QED) is 0.808. The molecular formula is C20H32N4O2. The van der Waals surface area contributed by atoms with Gasteiger partial charge in [0.1, 0.15) is 11.6 Å². The third-order valence-electron chi connectivity index (χ3n) is 5.67. The number of carbonyl (C=O) groups is 1. The number of aryl methyl sites for hydroxylation is 1. The average molecular weight is 361 g/mol. The van der Waals surface area contributed by atoms with E-state index in [0.717, 1.165) is 49.8 Å². The highest BCUT2D eigenvalue weighted by Gasteiger charge is 2.42. The molecule has 1 amide bonds. The Labute approximate surface area is 156 Å². The molecule has 1 aromatic heterocycles. The Kier molecular flexibility index (Phi) is 5.80. The number of amides is 1. The first-order valence-electron chi connectivity index (χ1n) is 9.80. The molecule has 2 saturated heterocycles. The number of hydrogen-bond acceptors (Lipinski definition) is 5. The second kappa shape index (κ2) is 7.91. The van der Waals surface area contributed by atoms with Crippen molar-refractivity contribution in [1.82, 2.24) is 14.9 Å². The first-order valence-corrected chi connectivity index (χ1v) is 9.80. The number of ether oxygens (including phenoxy) is 1. The number of aromatic nitrogens is 2. The van der Waals surface area contributed by atoms with Gasteiger partial charge in [0.25, 0.3) is 0 Å². The molecule has 1 aromatic rings. The minimum Gasteiger partial charge on any atom is -0.383 e. The molecule has 0 radical (unpaired) electrons. The smallest absolute Gasteiger partial charge is 0.222 e. The lowest BCUT2D eigenvalue weighted by Gasteiger charge is -2.48. The monoisotopic (exact) mass is 360 g/mol. The summed E-state index contributed by atoms with van der Waals surface area (Å²) in [7, 11) is 1.69. The molecule has 3 rings (SSSR count). The molecule has 2 aliphatic heterocycles. The fraction of sp³-hybridized carbons (Fsp3) is 0.750. The van der Waals surface area contributed by atoms with Gasteiger partial charge in [-0.3, -0.25) is 4.79 Å². The van der Waals surface area contributed by atoms with E-state index in [0.29, 0.717) is 25.5 Å². The van der Waals surface area contributed by atoms with Crippen molar-refractivity contribution in [3.63, 3.8) is 0 Å². The average Bonchev–Trinajstić information content (AvgIpc) is 2.62. The van der Waals surface area contributed by atoms with Crippen LogP contribution >= 0.6 is 0 Å². The van der Waals surface area contributed by atoms with Gasteiger partial charge in [0, 0.05) is 62.8 Å². The van der Waals surface area contributed by atoms with Crippen molar-refractivity contribution in [2.75, 3.05) is 44.8 Å². The van der Waals surface area contributed by atoms with E-state index in [-0.39, 0.29) is 11.3 Å². The highest BCUT2D eigenvalue weighted by molar-refractivity contribution is 5.77. The lowest BCUT2D eigenvalue weighted by molar-refractivity contribution is -0.138. The van der Waals surface area contributed by atoms with Gasteiger partial charge in [-0.05, 0) is 26.2 Å². The number of carbonyl (C=O) groups excluding carboxylic acids is 1. The summed E-state index contributed by atoms with van der Waals surface area (Å²) in [5.41, 5.74) is 1.20. The molecule has 2 aliphatic rings. The van der Waals surface area contributed by atoms with E-state index >= 15 is 0 Å². The van der Waals surface area contributed by atoms with Crippen LogP contribution in [-0.2, 0) is 9.53 Å². The fourth-order valence-corrected chi connectivity index (χ4v) is 4.24. The summed E-state index contributed by atoms with van der Waals surface area (Å²) in [6.45, 7) is 10.5. The zero-order valence-corrected chi connectivity index (χ0v) is 16.6. The van der Waals surface area contributed by atoms with Crippen LogP contribution < -0.4 is 4.90 Å². The summed E-state index contributed by atoms with van der Waals surface area (Å²) in [5, 5.41) is 0. The number of likely N-dealkylation sites (tertiary alicyclic amines) is 1. The Morgan fingerprint density at radius 3 is 2.81 bits per heavy atom. The van der Waals surface area contributed by atoms with Crippen molar-refractivity contribution in [1.29, 1.82) is 0 Å². The topological polar surface area (TPSA) is 58.6 Å². The van der Waals surface area contributed by atoms with Gasteiger partial charge >= 0.3 is 0 Å². The van der Waals surface area contributed by atoms with Crippen molar-refractivity contribution in [2.45, 2.75) is 52.4 Å². The van der Waals surface area contributed by atoms with E-state index in [9.17, 15) is 4.79 Å². The minimum absolute atomic E-state index is 0.177. The van der Waals surface area contributed by atoms with Crippen molar-refractivity contribution in [3.05, 3.63) is 17.6 Å². The standard InChI is InChI=1S/C20H32N4O2/c1-15(2)19-21-16(3)12-17(22-19)23-9-5-7-20(13-23)8-6-18(25)24(14-20)10-11-26-4/h12,15H,5-11,13-14H2,1-4H3/t20-/m0/s1. The Morgan fingerprint density at radius 1 is 1.27 bits per heavy atom. The van der Waals surface area contributed by atoms with Gasteiger partial charge < -0.3 is 14.5 Å². The number of piperidine rings is 2. The van der Waals surface area contributed by atoms with Gasteiger partial charge in [0.2, 0.25) is 5.91 Å². The van der Waals surface area contributed by atoms with Crippen LogP contribution in [0.2, 0.25) is 0 Å². The van der Waals surface area contributed by atoms with Gasteiger partial charge in [-0.15, -0.1) is 0 Å². The molecule has 0 saturated carbocycles. The van der Waals surface area contributed by atoms with E-state index in [1.165, 1.54) is 6.42 Å². The zero-order valence-electron chi connectivity index (χ0n) is 16.6. The van der Waals surface area contributed by atoms with Gasteiger partial charge in [0.15, 0.2) is 0 Å². The molecule has 0 bridgehead atoms. The summed E-state index contributed by atoms with van der Waals surface area (Å²) in [6, 6.07) is 2.10. The van der Waals surface area contributed by atoms with Gasteiger partial charge in [0.05, 0.1) is 6.61 Å². The van der Waals surface area contributed by atoms with Crippen molar-refractivity contribution in [2.24, 2.45) is 5.41 Å². The minimum atomic E-state index is 0.177. The predicted octanol–water partition coefficient (Wildman–Crippen LogP) is 2.76. The van der Waals surface area contributed by atoms with Crippen LogP contribution in [0.5, 0.6) is 0 Å². The maximum Gasteiger partial charge on any atom is 0.222 e. The molecule has 6 heteroatoms. The molecular weight excluding hydrogens is 328 g/mol. The van der Waals surface area contributed by atoms with Gasteiger partial charge in [-0.25, -0.2) is 9.97 Å². The Morgan fingerprint density at radius 2 is 2.08 bits per heavy atom. The van der Waals surface area contributed by atoms with Crippen LogP contribution in [-0.4, -0.2) is 60.7 Å². The SMILES string of the molecule is COCCN1C[C@@]2(CCCN(c3cc(C)nc(C(C)C)n3)C2)CCC1=O. The summed E-state index contributed by atoms with van der Waals surface area (Å²) in [4.78, 5) is 26.1. The third kappa shape index (κ3) is 4.17. The summed E-state index contributed by atoms with van der Waals surface area (Å²) in [5.74, 6) is 2.55. The molecule has 1 atom stereocenters. The first kappa shape index (κ1) is 19.1. The third-order valence-corrected chi connectivity index (χ3v) is 5.67. The predicted molar refractivity (Wildman–Crippen MR) is 102 cm³/mol. The van der Waals surface area contributed by atoms with Crippen molar-refractivity contribution >= 4 is 11.7 Å². The maximum absolute atomic E-state index is 12.3. The van der Waals surface area contributed by atoms with E-state index in [2.05, 4.69) is 29.8 Å². The summed E-state index contributed by atoms with van der Waals surface area (Å²) >= 11 is 0. The Bertz CT molecular complexity index is 649. The zero-order chi connectivity index (χ0) is 18.7. The summed E-state index contributed by atoms with van der Waals surface area (Å²) in [6.07, 6.45) is 3.96. The number of rotatable bonds is 5. The van der Waals surface area contributed by atoms with Crippen molar-refractivity contribution < 1.29 is 9.53 Å². The lowest BCUT2D eigenvalue weighted by Crippen LogP contribution is -2.54. The highest BCUT2D eigenvalue weighted by atomic mass is 16.5. The molecule has 0 N–H and O–H groups in total. The van der Waals surface area contributed by atoms with Crippen LogP contribution in [0.15, 0.2) is 6.07 Å². The normalized spacial score (nSPS) is 24.0. The van der Waals surface area contributed by atoms with Gasteiger partial charge in [-0.1, -0.05) is 13.8 Å². The van der Waals surface area contributed by atoms with Crippen LogP contribution in [0.1, 0.15) is 57.0 Å². The number of nitrogens with zero attached hydrogens (tertiary/aromatic N) is 4. The van der Waals surface area contributed by atoms with E-state index in [1.54, 1.807) is 7.11 Å². The molecule has 0 unspecified atom stereocenters. The number of anilines is 1. The van der Waals surface area contributed by atoms with E-state index in [1.807, 2.05) is 11.8 Å². The van der Waals surface area contributed by atoms with Crippen LogP contribution in [0, 0.1) is 12.3 Å². The molecule has 144 valence electrons. The van der Waals surface area contributed by atoms with Gasteiger partial charge in [-0.2, -0.15) is 0 Å². The first-order chi connectivity index (χ1) is 12.4. The number of methoxy groups -OCH3 is 1. The molecule has 2 fully saturated rings. The molecule has 26 heavy (non-hydrogen) atoms. The maximum atomic E-state index is 12.3.